The highest BCUT2D eigenvalue weighted by Crippen LogP contribution is 2.20. The number of hydrogen-bond donors (Lipinski definition) is 2. The van der Waals surface area contributed by atoms with Crippen LogP contribution in [0.1, 0.15) is 18.1 Å². The highest BCUT2D eigenvalue weighted by atomic mass is 16.5. The summed E-state index contributed by atoms with van der Waals surface area (Å²) >= 11 is 0. The van der Waals surface area contributed by atoms with Crippen molar-refractivity contribution in [1.29, 1.82) is 0 Å². The van der Waals surface area contributed by atoms with Crippen molar-refractivity contribution in [3.63, 3.8) is 0 Å². The van der Waals surface area contributed by atoms with Crippen molar-refractivity contribution in [1.82, 2.24) is 10.6 Å². The average molecular weight is 293 g/mol. The van der Waals surface area contributed by atoms with E-state index in [1.807, 2.05) is 18.9 Å². The first-order valence-electron chi connectivity index (χ1n) is 7.35. The molecule has 0 fully saturated rings. The predicted molar refractivity (Wildman–Crippen MR) is 86.7 cm³/mol. The molecular formula is C16H27N3O2. The third-order valence-corrected chi connectivity index (χ3v) is 3.24. The Bertz CT molecular complexity index is 449. The molecule has 0 heterocycles. The molecule has 2 N–H and O–H groups in total. The summed E-state index contributed by atoms with van der Waals surface area (Å²) in [6.07, 6.45) is 0. The molecule has 1 amide bonds. The van der Waals surface area contributed by atoms with Crippen LogP contribution in [0.2, 0.25) is 0 Å². The number of nitrogens with zero attached hydrogens (tertiary/aromatic N) is 1. The van der Waals surface area contributed by atoms with Gasteiger partial charge < -0.3 is 20.3 Å². The van der Waals surface area contributed by atoms with E-state index in [4.69, 9.17) is 4.74 Å². The second-order valence-electron chi connectivity index (χ2n) is 5.10. The number of amides is 1. The zero-order chi connectivity index (χ0) is 15.7. The fourth-order valence-electron chi connectivity index (χ4n) is 2.22. The summed E-state index contributed by atoms with van der Waals surface area (Å²) < 4.78 is 5.00. The second-order valence-corrected chi connectivity index (χ2v) is 5.10. The number of carbonyl (C=O) groups is 1. The van der Waals surface area contributed by atoms with Crippen LogP contribution >= 0.6 is 0 Å². The van der Waals surface area contributed by atoms with Gasteiger partial charge in [-0.1, -0.05) is 12.1 Å². The van der Waals surface area contributed by atoms with Crippen LogP contribution in [-0.4, -0.2) is 46.3 Å². The van der Waals surface area contributed by atoms with Gasteiger partial charge in [0.1, 0.15) is 0 Å². The molecule has 5 heteroatoms. The summed E-state index contributed by atoms with van der Waals surface area (Å²) in [5.74, 6) is 0.0460. The largest absolute Gasteiger partial charge is 0.383 e. The summed E-state index contributed by atoms with van der Waals surface area (Å²) in [5, 5.41) is 6.14. The van der Waals surface area contributed by atoms with Crippen LogP contribution in [0.4, 0.5) is 5.69 Å². The van der Waals surface area contributed by atoms with Crippen LogP contribution < -0.4 is 15.5 Å². The zero-order valence-corrected chi connectivity index (χ0v) is 13.5. The first kappa shape index (κ1) is 17.5. The Labute approximate surface area is 127 Å². The number of ether oxygens (including phenoxy) is 1. The Morgan fingerprint density at radius 2 is 2.14 bits per heavy atom. The zero-order valence-electron chi connectivity index (χ0n) is 13.5. The lowest BCUT2D eigenvalue weighted by Crippen LogP contribution is -2.35. The third-order valence-electron chi connectivity index (χ3n) is 3.24. The van der Waals surface area contributed by atoms with Crippen molar-refractivity contribution in [2.75, 3.05) is 45.3 Å². The Morgan fingerprint density at radius 3 is 2.76 bits per heavy atom. The molecule has 0 aliphatic heterocycles. The molecule has 0 saturated carbocycles. The maximum absolute atomic E-state index is 11.6. The van der Waals surface area contributed by atoms with Gasteiger partial charge in [0.05, 0.1) is 13.2 Å². The molecule has 0 aromatic heterocycles. The molecule has 0 atom stereocenters. The number of anilines is 1. The normalized spacial score (nSPS) is 10.5. The van der Waals surface area contributed by atoms with Gasteiger partial charge in [-0.2, -0.15) is 0 Å². The number of rotatable bonds is 9. The van der Waals surface area contributed by atoms with Crippen molar-refractivity contribution in [2.24, 2.45) is 0 Å². The van der Waals surface area contributed by atoms with Crippen LogP contribution in [0.5, 0.6) is 0 Å². The lowest BCUT2D eigenvalue weighted by atomic mass is 10.1. The van der Waals surface area contributed by atoms with Crippen molar-refractivity contribution in [3.05, 3.63) is 29.3 Å². The standard InChI is InChI=1S/C16H27N3O2/c1-5-18-16(20)12-19(3)15-7-6-14(10-13(15)2)11-17-8-9-21-4/h6-7,10,17H,5,8-9,11-12H2,1-4H3,(H,18,20). The number of carbonyl (C=O) groups excluding carboxylic acids is 1. The van der Waals surface area contributed by atoms with Crippen molar-refractivity contribution in [2.45, 2.75) is 20.4 Å². The minimum Gasteiger partial charge on any atom is -0.383 e. The van der Waals surface area contributed by atoms with Gasteiger partial charge in [0.2, 0.25) is 5.91 Å². The second kappa shape index (κ2) is 9.37. The molecule has 5 nitrogen and oxygen atoms in total. The summed E-state index contributed by atoms with van der Waals surface area (Å²) in [7, 11) is 3.64. The number of benzene rings is 1. The molecule has 118 valence electrons. The Morgan fingerprint density at radius 1 is 1.38 bits per heavy atom. The van der Waals surface area contributed by atoms with Gasteiger partial charge in [-0.3, -0.25) is 4.79 Å². The topological polar surface area (TPSA) is 53.6 Å². The van der Waals surface area contributed by atoms with E-state index in [0.29, 0.717) is 19.7 Å². The van der Waals surface area contributed by atoms with Crippen molar-refractivity contribution >= 4 is 11.6 Å². The quantitative estimate of drug-likeness (QED) is 0.674. The highest BCUT2D eigenvalue weighted by Gasteiger charge is 2.09. The molecule has 1 aromatic carbocycles. The minimum absolute atomic E-state index is 0.0460. The van der Waals surface area contributed by atoms with E-state index in [1.165, 1.54) is 11.1 Å². The fraction of sp³-hybridized carbons (Fsp3) is 0.562. The van der Waals surface area contributed by atoms with Crippen molar-refractivity contribution < 1.29 is 9.53 Å². The van der Waals surface area contributed by atoms with Gasteiger partial charge in [0.15, 0.2) is 0 Å². The predicted octanol–water partition coefficient (Wildman–Crippen LogP) is 1.30. The average Bonchev–Trinajstić information content (AvgIpc) is 2.43. The minimum atomic E-state index is 0.0460. The molecule has 0 aliphatic rings. The van der Waals surface area contributed by atoms with Gasteiger partial charge >= 0.3 is 0 Å². The molecule has 0 spiro atoms. The molecular weight excluding hydrogens is 266 g/mol. The van der Waals surface area contributed by atoms with Gasteiger partial charge in [0.25, 0.3) is 0 Å². The lowest BCUT2D eigenvalue weighted by Gasteiger charge is -2.21. The lowest BCUT2D eigenvalue weighted by molar-refractivity contribution is -0.119. The van der Waals surface area contributed by atoms with E-state index < -0.39 is 0 Å². The van der Waals surface area contributed by atoms with Crippen LogP contribution in [-0.2, 0) is 16.1 Å². The number of aryl methyl sites for hydroxylation is 1. The van der Waals surface area contributed by atoms with Crippen molar-refractivity contribution in [3.8, 4) is 0 Å². The SMILES string of the molecule is CCNC(=O)CN(C)c1ccc(CNCCOC)cc1C. The summed E-state index contributed by atoms with van der Waals surface area (Å²) in [6.45, 7) is 7.42. The maximum Gasteiger partial charge on any atom is 0.239 e. The monoisotopic (exact) mass is 293 g/mol. The van der Waals surface area contributed by atoms with E-state index >= 15 is 0 Å². The van der Waals surface area contributed by atoms with E-state index in [-0.39, 0.29) is 5.91 Å². The highest BCUT2D eigenvalue weighted by molar-refractivity contribution is 5.81. The summed E-state index contributed by atoms with van der Waals surface area (Å²) in [4.78, 5) is 13.6. The smallest absolute Gasteiger partial charge is 0.239 e. The number of nitrogens with one attached hydrogen (secondary N) is 2. The Kier molecular flexibility index (Phi) is 7.79. The van der Waals surface area contributed by atoms with E-state index in [1.54, 1.807) is 7.11 Å². The molecule has 0 saturated heterocycles. The van der Waals surface area contributed by atoms with Gasteiger partial charge in [-0.25, -0.2) is 0 Å². The Hall–Kier alpha value is -1.59. The molecule has 0 radical (unpaired) electrons. The van der Waals surface area contributed by atoms with E-state index in [0.717, 1.165) is 18.8 Å². The molecule has 0 aliphatic carbocycles. The van der Waals surface area contributed by atoms with Gasteiger partial charge in [0, 0.05) is 39.5 Å². The molecule has 21 heavy (non-hydrogen) atoms. The Balaban J connectivity index is 2.58. The maximum atomic E-state index is 11.6. The van der Waals surface area contributed by atoms with Crippen LogP contribution in [0, 0.1) is 6.92 Å². The van der Waals surface area contributed by atoms with E-state index in [9.17, 15) is 4.79 Å². The summed E-state index contributed by atoms with van der Waals surface area (Å²) in [6, 6.07) is 6.32. The first-order chi connectivity index (χ1) is 10.1. The fourth-order valence-corrected chi connectivity index (χ4v) is 2.22. The van der Waals surface area contributed by atoms with E-state index in [2.05, 4.69) is 35.8 Å². The molecule has 0 unspecified atom stereocenters. The molecule has 0 bridgehead atoms. The van der Waals surface area contributed by atoms with Crippen LogP contribution in [0.25, 0.3) is 0 Å². The number of methoxy groups -OCH3 is 1. The molecule has 1 aromatic rings. The summed E-state index contributed by atoms with van der Waals surface area (Å²) in [5.41, 5.74) is 3.49. The third kappa shape index (κ3) is 6.14. The molecule has 1 rings (SSSR count). The van der Waals surface area contributed by atoms with Gasteiger partial charge in [-0.05, 0) is 31.0 Å². The van der Waals surface area contributed by atoms with Crippen LogP contribution in [0.3, 0.4) is 0 Å². The number of likely N-dealkylation sites (N-methyl/N-ethyl adjacent to an activating group) is 2. The first-order valence-corrected chi connectivity index (χ1v) is 7.35. The number of hydrogen-bond acceptors (Lipinski definition) is 4. The van der Waals surface area contributed by atoms with Crippen LogP contribution in [0.15, 0.2) is 18.2 Å². The van der Waals surface area contributed by atoms with Gasteiger partial charge in [-0.15, -0.1) is 0 Å².